The maximum atomic E-state index is 12.5. The van der Waals surface area contributed by atoms with Crippen LogP contribution in [0.5, 0.6) is 17.2 Å². The van der Waals surface area contributed by atoms with Gasteiger partial charge in [0.1, 0.15) is 5.75 Å². The first kappa shape index (κ1) is 19.2. The molecule has 2 aromatic carbocycles. The van der Waals surface area contributed by atoms with Gasteiger partial charge in [-0.05, 0) is 18.2 Å². The van der Waals surface area contributed by atoms with Crippen molar-refractivity contribution in [1.82, 2.24) is 0 Å². The van der Waals surface area contributed by atoms with E-state index >= 15 is 0 Å². The first-order valence-corrected chi connectivity index (χ1v) is 8.42. The van der Waals surface area contributed by atoms with Crippen LogP contribution in [0.25, 0.3) is 0 Å². The van der Waals surface area contributed by atoms with Gasteiger partial charge in [0.25, 0.3) is 5.69 Å². The smallest absolute Gasteiger partial charge is 0.316 e. The largest absolute Gasteiger partial charge is 0.494 e. The van der Waals surface area contributed by atoms with Crippen LogP contribution in [0, 0.1) is 16.0 Å². The van der Waals surface area contributed by atoms with Crippen molar-refractivity contribution in [2.24, 2.45) is 5.92 Å². The number of carbonyl (C=O) groups excluding carboxylic acids is 2. The summed E-state index contributed by atoms with van der Waals surface area (Å²) >= 11 is 0. The van der Waals surface area contributed by atoms with Crippen LogP contribution >= 0.6 is 0 Å². The van der Waals surface area contributed by atoms with Gasteiger partial charge in [0.05, 0.1) is 36.8 Å². The fourth-order valence-electron chi connectivity index (χ4n) is 3.00. The second-order valence-corrected chi connectivity index (χ2v) is 6.09. The minimum Gasteiger partial charge on any atom is -0.494 e. The highest BCUT2D eigenvalue weighted by atomic mass is 16.6. The summed E-state index contributed by atoms with van der Waals surface area (Å²) in [5.74, 6) is -0.670. The van der Waals surface area contributed by atoms with Gasteiger partial charge < -0.3 is 19.1 Å². The van der Waals surface area contributed by atoms with Crippen LogP contribution in [0.1, 0.15) is 6.42 Å². The van der Waals surface area contributed by atoms with Gasteiger partial charge in [-0.3, -0.25) is 19.7 Å². The zero-order valence-electron chi connectivity index (χ0n) is 15.3. The summed E-state index contributed by atoms with van der Waals surface area (Å²) in [6, 6.07) is 10.7. The summed E-state index contributed by atoms with van der Waals surface area (Å²) in [4.78, 5) is 36.7. The van der Waals surface area contributed by atoms with Crippen molar-refractivity contribution >= 4 is 23.3 Å². The van der Waals surface area contributed by atoms with Crippen LogP contribution in [-0.4, -0.2) is 37.6 Å². The molecule has 3 rings (SSSR count). The van der Waals surface area contributed by atoms with Crippen molar-refractivity contribution in [2.45, 2.75) is 6.42 Å². The molecule has 1 aliphatic rings. The second kappa shape index (κ2) is 7.95. The van der Waals surface area contributed by atoms with Crippen molar-refractivity contribution in [2.75, 3.05) is 25.7 Å². The molecule has 2 aromatic rings. The molecule has 0 radical (unpaired) electrons. The number of non-ortho nitro benzene ring substituents is 1. The van der Waals surface area contributed by atoms with Crippen molar-refractivity contribution in [1.29, 1.82) is 0 Å². The van der Waals surface area contributed by atoms with Gasteiger partial charge in [0.15, 0.2) is 11.5 Å². The molecule has 1 atom stereocenters. The van der Waals surface area contributed by atoms with Crippen molar-refractivity contribution in [3.63, 3.8) is 0 Å². The zero-order valence-corrected chi connectivity index (χ0v) is 15.3. The summed E-state index contributed by atoms with van der Waals surface area (Å²) in [6.45, 7) is 0.0843. The number of hydrogen-bond acceptors (Lipinski definition) is 7. The van der Waals surface area contributed by atoms with E-state index in [1.807, 2.05) is 0 Å². The number of carbonyl (C=O) groups is 2. The average Bonchev–Trinajstić information content (AvgIpc) is 3.09. The molecule has 0 N–H and O–H groups in total. The molecule has 146 valence electrons. The highest BCUT2D eigenvalue weighted by Gasteiger charge is 2.38. The zero-order chi connectivity index (χ0) is 20.3. The molecule has 28 heavy (non-hydrogen) atoms. The van der Waals surface area contributed by atoms with E-state index in [1.165, 1.54) is 37.3 Å². The molecule has 1 heterocycles. The number of nitro groups is 1. The van der Waals surface area contributed by atoms with Crippen LogP contribution in [0.4, 0.5) is 11.4 Å². The Morgan fingerprint density at radius 3 is 2.43 bits per heavy atom. The lowest BCUT2D eigenvalue weighted by Gasteiger charge is -2.19. The van der Waals surface area contributed by atoms with Gasteiger partial charge in [-0.25, -0.2) is 0 Å². The highest BCUT2D eigenvalue weighted by Crippen LogP contribution is 2.36. The number of rotatable bonds is 6. The van der Waals surface area contributed by atoms with Gasteiger partial charge in [-0.15, -0.1) is 0 Å². The SMILES string of the molecule is COc1ccccc1OC(=O)[C@H]1CC(=O)N(c2ccc([N+](=O)[O-])cc2OC)C1. The van der Waals surface area contributed by atoms with Crippen molar-refractivity contribution < 1.29 is 28.7 Å². The Bertz CT molecular complexity index is 928. The molecule has 0 bridgehead atoms. The van der Waals surface area contributed by atoms with E-state index in [0.717, 1.165) is 0 Å². The van der Waals surface area contributed by atoms with Crippen molar-refractivity contribution in [3.05, 3.63) is 52.6 Å². The number of methoxy groups -OCH3 is 2. The lowest BCUT2D eigenvalue weighted by atomic mass is 10.1. The van der Waals surface area contributed by atoms with E-state index in [4.69, 9.17) is 14.2 Å². The summed E-state index contributed by atoms with van der Waals surface area (Å²) < 4.78 is 15.7. The molecule has 0 saturated carbocycles. The van der Waals surface area contributed by atoms with Crippen LogP contribution in [0.15, 0.2) is 42.5 Å². The summed E-state index contributed by atoms with van der Waals surface area (Å²) in [7, 11) is 2.82. The molecular formula is C19H18N2O7. The molecule has 9 heteroatoms. The first-order valence-electron chi connectivity index (χ1n) is 8.42. The lowest BCUT2D eigenvalue weighted by molar-refractivity contribution is -0.384. The van der Waals surface area contributed by atoms with Crippen LogP contribution in [0.3, 0.4) is 0 Å². The molecule has 0 aromatic heterocycles. The average molecular weight is 386 g/mol. The Kier molecular flexibility index (Phi) is 5.44. The maximum absolute atomic E-state index is 12.5. The molecule has 1 fully saturated rings. The predicted octanol–water partition coefficient (Wildman–Crippen LogP) is 2.57. The molecule has 9 nitrogen and oxygen atoms in total. The number of para-hydroxylation sites is 2. The van der Waals surface area contributed by atoms with Crippen molar-refractivity contribution in [3.8, 4) is 17.2 Å². The van der Waals surface area contributed by atoms with Gasteiger partial charge in [-0.1, -0.05) is 12.1 Å². The molecular weight excluding hydrogens is 368 g/mol. The molecule has 0 spiro atoms. The van der Waals surface area contributed by atoms with Gasteiger partial charge in [-0.2, -0.15) is 0 Å². The molecule has 1 amide bonds. The third kappa shape index (κ3) is 3.73. The van der Waals surface area contributed by atoms with E-state index in [2.05, 4.69) is 0 Å². The number of anilines is 1. The van der Waals surface area contributed by atoms with Crippen LogP contribution < -0.4 is 19.1 Å². The standard InChI is InChI=1S/C19H18N2O7/c1-26-15-5-3-4-6-16(15)28-19(23)12-9-18(22)20(11-12)14-8-7-13(21(24)25)10-17(14)27-2/h3-8,10,12H,9,11H2,1-2H3/t12-/m0/s1. The summed E-state index contributed by atoms with van der Waals surface area (Å²) in [5.41, 5.74) is 0.213. The number of nitro benzene ring substituents is 1. The van der Waals surface area contributed by atoms with Crippen LogP contribution in [0.2, 0.25) is 0 Å². The normalized spacial score (nSPS) is 16.0. The maximum Gasteiger partial charge on any atom is 0.316 e. The van der Waals surface area contributed by atoms with E-state index in [-0.39, 0.29) is 36.1 Å². The van der Waals surface area contributed by atoms with Gasteiger partial charge in [0, 0.05) is 19.0 Å². The first-order chi connectivity index (χ1) is 13.4. The number of nitrogens with zero attached hydrogens (tertiary/aromatic N) is 2. The lowest BCUT2D eigenvalue weighted by Crippen LogP contribution is -2.27. The Morgan fingerprint density at radius 2 is 1.79 bits per heavy atom. The Morgan fingerprint density at radius 1 is 1.11 bits per heavy atom. The fourth-order valence-corrected chi connectivity index (χ4v) is 3.00. The van der Waals surface area contributed by atoms with E-state index in [0.29, 0.717) is 11.4 Å². The Labute approximate surface area is 160 Å². The van der Waals surface area contributed by atoms with Gasteiger partial charge in [0.2, 0.25) is 5.91 Å². The van der Waals surface area contributed by atoms with E-state index < -0.39 is 16.8 Å². The number of benzene rings is 2. The number of esters is 1. The van der Waals surface area contributed by atoms with Crippen LogP contribution in [-0.2, 0) is 9.59 Å². The highest BCUT2D eigenvalue weighted by molar-refractivity contribution is 6.01. The topological polar surface area (TPSA) is 108 Å². The van der Waals surface area contributed by atoms with Gasteiger partial charge >= 0.3 is 5.97 Å². The fraction of sp³-hybridized carbons (Fsp3) is 0.263. The minimum absolute atomic E-state index is 0.0336. The van der Waals surface area contributed by atoms with E-state index in [9.17, 15) is 19.7 Å². The minimum atomic E-state index is -0.683. The Balaban J connectivity index is 1.78. The third-order valence-electron chi connectivity index (χ3n) is 4.40. The molecule has 0 aliphatic carbocycles. The third-order valence-corrected chi connectivity index (χ3v) is 4.40. The summed E-state index contributed by atoms with van der Waals surface area (Å²) in [5, 5.41) is 10.9. The quantitative estimate of drug-likeness (QED) is 0.325. The molecule has 0 unspecified atom stereocenters. The summed E-state index contributed by atoms with van der Waals surface area (Å²) in [6.07, 6.45) is -0.0336. The Hall–Kier alpha value is -3.62. The monoisotopic (exact) mass is 386 g/mol. The number of hydrogen-bond donors (Lipinski definition) is 0. The number of amides is 1. The predicted molar refractivity (Wildman–Crippen MR) is 98.7 cm³/mol. The second-order valence-electron chi connectivity index (χ2n) is 6.09. The molecule has 1 aliphatic heterocycles. The molecule has 1 saturated heterocycles. The number of ether oxygens (including phenoxy) is 3. The van der Waals surface area contributed by atoms with E-state index in [1.54, 1.807) is 24.3 Å².